The first-order valence-corrected chi connectivity index (χ1v) is 8.65. The predicted molar refractivity (Wildman–Crippen MR) is 83.8 cm³/mol. The minimum Gasteiger partial charge on any atom is -0.376 e. The Hall–Kier alpha value is -1.20. The Morgan fingerprint density at radius 2 is 1.50 bits per heavy atom. The molecule has 108 valence electrons. The number of fused-ring (bicyclic) bond motifs is 1. The summed E-state index contributed by atoms with van der Waals surface area (Å²) in [4.78, 5) is 0. The molecule has 2 rings (SSSR count). The Bertz CT molecular complexity index is 553. The second-order valence-corrected chi connectivity index (χ2v) is 7.87. The first-order chi connectivity index (χ1) is 9.72. The fourth-order valence-electron chi connectivity index (χ4n) is 2.89. The van der Waals surface area contributed by atoms with Crippen LogP contribution in [0.25, 0.3) is 10.8 Å². The molecule has 0 saturated heterocycles. The van der Waals surface area contributed by atoms with Crippen molar-refractivity contribution in [2.75, 3.05) is 21.3 Å². The molecule has 0 aromatic heterocycles. The van der Waals surface area contributed by atoms with E-state index in [-0.39, 0.29) is 5.54 Å². The van der Waals surface area contributed by atoms with Crippen LogP contribution in [0.2, 0.25) is 0 Å². The lowest BCUT2D eigenvalue weighted by Gasteiger charge is -2.32. The molecule has 0 aliphatic carbocycles. The van der Waals surface area contributed by atoms with Crippen LogP contribution in [0.5, 0.6) is 0 Å². The molecule has 1 unspecified atom stereocenters. The highest BCUT2D eigenvalue weighted by Gasteiger charge is 2.47. The van der Waals surface area contributed by atoms with Gasteiger partial charge in [-0.05, 0) is 22.8 Å². The van der Waals surface area contributed by atoms with Gasteiger partial charge in [0.2, 0.25) is 0 Å². The van der Waals surface area contributed by atoms with E-state index in [2.05, 4.69) is 49.4 Å². The van der Waals surface area contributed by atoms with Crippen LogP contribution in [0.15, 0.2) is 42.5 Å². The van der Waals surface area contributed by atoms with Crippen LogP contribution in [0.1, 0.15) is 24.4 Å². The van der Waals surface area contributed by atoms with Crippen molar-refractivity contribution in [3.8, 4) is 0 Å². The summed E-state index contributed by atoms with van der Waals surface area (Å²) in [5.74, 6) is 0. The third kappa shape index (κ3) is 2.52. The van der Waals surface area contributed by atoms with Gasteiger partial charge in [0.05, 0.1) is 5.54 Å². The van der Waals surface area contributed by atoms with E-state index >= 15 is 0 Å². The number of hydrogen-bond acceptors (Lipinski definition) is 3. The van der Waals surface area contributed by atoms with E-state index < -0.39 is 8.80 Å². The molecule has 0 saturated carbocycles. The minimum atomic E-state index is -2.70. The van der Waals surface area contributed by atoms with Crippen molar-refractivity contribution in [3.05, 3.63) is 48.0 Å². The lowest BCUT2D eigenvalue weighted by Crippen LogP contribution is -2.49. The van der Waals surface area contributed by atoms with Gasteiger partial charge in [-0.1, -0.05) is 49.4 Å². The molecule has 3 nitrogen and oxygen atoms in total. The van der Waals surface area contributed by atoms with Gasteiger partial charge in [0.1, 0.15) is 0 Å². The van der Waals surface area contributed by atoms with Gasteiger partial charge in [-0.25, -0.2) is 0 Å². The largest absolute Gasteiger partial charge is 0.508 e. The van der Waals surface area contributed by atoms with Gasteiger partial charge in [-0.3, -0.25) is 0 Å². The Morgan fingerprint density at radius 1 is 0.900 bits per heavy atom. The quantitative estimate of drug-likeness (QED) is 0.758. The minimum absolute atomic E-state index is 0.133. The maximum Gasteiger partial charge on any atom is 0.508 e. The third-order valence-corrected chi connectivity index (χ3v) is 7.17. The van der Waals surface area contributed by atoms with Crippen molar-refractivity contribution in [2.24, 2.45) is 0 Å². The molecule has 2 aromatic carbocycles. The summed E-state index contributed by atoms with van der Waals surface area (Å²) in [5.41, 5.74) is 1.37. The van der Waals surface area contributed by atoms with Crippen LogP contribution in [-0.4, -0.2) is 30.1 Å². The normalized spacial score (nSPS) is 13.6. The van der Waals surface area contributed by atoms with Crippen LogP contribution in [0, 0.1) is 0 Å². The van der Waals surface area contributed by atoms with Crippen molar-refractivity contribution in [2.45, 2.75) is 18.9 Å². The zero-order valence-corrected chi connectivity index (χ0v) is 13.6. The van der Waals surface area contributed by atoms with Gasteiger partial charge in [-0.15, -0.1) is 0 Å². The van der Waals surface area contributed by atoms with Crippen LogP contribution in [0.3, 0.4) is 0 Å². The van der Waals surface area contributed by atoms with E-state index in [1.54, 1.807) is 21.3 Å². The standard InChI is InChI=1S/C16H22O3Si/c1-5-16(20(17-2,18-3)19-4)15-12-8-10-13-9-6-7-11-14(13)15/h6-12,16H,5H2,1-4H3. The molecule has 0 bridgehead atoms. The van der Waals surface area contributed by atoms with Gasteiger partial charge in [0.15, 0.2) is 0 Å². The number of hydrogen-bond donors (Lipinski definition) is 0. The molecule has 0 N–H and O–H groups in total. The maximum absolute atomic E-state index is 5.69. The monoisotopic (exact) mass is 290 g/mol. The highest BCUT2D eigenvalue weighted by molar-refractivity contribution is 6.62. The van der Waals surface area contributed by atoms with Crippen molar-refractivity contribution >= 4 is 19.6 Å². The lowest BCUT2D eigenvalue weighted by atomic mass is 10.0. The Labute approximate surface area is 121 Å². The Morgan fingerprint density at radius 3 is 2.10 bits per heavy atom. The van der Waals surface area contributed by atoms with Gasteiger partial charge >= 0.3 is 8.80 Å². The average molecular weight is 290 g/mol. The molecule has 0 heterocycles. The first kappa shape index (κ1) is 15.2. The second kappa shape index (κ2) is 6.50. The molecule has 0 aliphatic rings. The molecule has 0 spiro atoms. The van der Waals surface area contributed by atoms with Crippen molar-refractivity contribution in [1.82, 2.24) is 0 Å². The predicted octanol–water partition coefficient (Wildman–Crippen LogP) is 3.75. The van der Waals surface area contributed by atoms with Crippen LogP contribution >= 0.6 is 0 Å². The van der Waals surface area contributed by atoms with Gasteiger partial charge in [-0.2, -0.15) is 0 Å². The molecule has 0 fully saturated rings. The highest BCUT2D eigenvalue weighted by atomic mass is 28.4. The summed E-state index contributed by atoms with van der Waals surface area (Å²) in [6.45, 7) is 2.14. The summed E-state index contributed by atoms with van der Waals surface area (Å²) in [6, 6.07) is 14.8. The van der Waals surface area contributed by atoms with Crippen molar-refractivity contribution < 1.29 is 13.3 Å². The second-order valence-electron chi connectivity index (χ2n) is 4.75. The first-order valence-electron chi connectivity index (χ1n) is 6.85. The zero-order chi connectivity index (χ0) is 14.6. The van der Waals surface area contributed by atoms with Crippen LogP contribution in [0.4, 0.5) is 0 Å². The molecular weight excluding hydrogens is 268 g/mol. The van der Waals surface area contributed by atoms with Gasteiger partial charge in [0.25, 0.3) is 0 Å². The highest BCUT2D eigenvalue weighted by Crippen LogP contribution is 2.35. The smallest absolute Gasteiger partial charge is 0.376 e. The maximum atomic E-state index is 5.69. The van der Waals surface area contributed by atoms with E-state index in [0.29, 0.717) is 0 Å². The molecule has 4 heteroatoms. The third-order valence-electron chi connectivity index (χ3n) is 3.89. The van der Waals surface area contributed by atoms with E-state index in [1.165, 1.54) is 16.3 Å². The average Bonchev–Trinajstić information content (AvgIpc) is 2.52. The Kier molecular flexibility index (Phi) is 4.94. The summed E-state index contributed by atoms with van der Waals surface area (Å²) >= 11 is 0. The molecule has 2 aromatic rings. The van der Waals surface area contributed by atoms with E-state index in [1.807, 2.05) is 0 Å². The molecule has 0 aliphatic heterocycles. The molecule has 1 atom stereocenters. The summed E-state index contributed by atoms with van der Waals surface area (Å²) < 4.78 is 17.1. The SMILES string of the molecule is CCC(c1cccc2ccccc12)[Si](OC)(OC)OC. The van der Waals surface area contributed by atoms with E-state index in [0.717, 1.165) is 6.42 Å². The summed E-state index contributed by atoms with van der Waals surface area (Å²) in [7, 11) is 2.32. The van der Waals surface area contributed by atoms with Crippen LogP contribution in [-0.2, 0) is 13.3 Å². The fraction of sp³-hybridized carbons (Fsp3) is 0.375. The van der Waals surface area contributed by atoms with Crippen molar-refractivity contribution in [1.29, 1.82) is 0 Å². The molecule has 0 radical (unpaired) electrons. The fourth-order valence-corrected chi connectivity index (χ4v) is 5.38. The topological polar surface area (TPSA) is 27.7 Å². The Balaban J connectivity index is 2.60. The molecule has 20 heavy (non-hydrogen) atoms. The number of benzene rings is 2. The van der Waals surface area contributed by atoms with Gasteiger partial charge < -0.3 is 13.3 Å². The summed E-state index contributed by atoms with van der Waals surface area (Å²) in [5, 5.41) is 2.47. The summed E-state index contributed by atoms with van der Waals surface area (Å²) in [6.07, 6.45) is 0.912. The molecular formula is C16H22O3Si. The lowest BCUT2D eigenvalue weighted by molar-refractivity contribution is 0.111. The van der Waals surface area contributed by atoms with E-state index in [9.17, 15) is 0 Å². The number of rotatable bonds is 6. The van der Waals surface area contributed by atoms with Gasteiger partial charge in [0, 0.05) is 21.3 Å². The van der Waals surface area contributed by atoms with Crippen LogP contribution < -0.4 is 0 Å². The zero-order valence-electron chi connectivity index (χ0n) is 12.6. The van der Waals surface area contributed by atoms with Crippen molar-refractivity contribution in [3.63, 3.8) is 0 Å². The van der Waals surface area contributed by atoms with E-state index in [4.69, 9.17) is 13.3 Å². The molecule has 0 amide bonds.